The Kier molecular flexibility index (Phi) is 6.74. The fourth-order valence-corrected chi connectivity index (χ4v) is 3.55. The molecule has 0 aliphatic heterocycles. The summed E-state index contributed by atoms with van der Waals surface area (Å²) < 4.78 is 3.09. The second-order valence-electron chi connectivity index (χ2n) is 6.75. The van der Waals surface area contributed by atoms with Crippen molar-refractivity contribution in [1.82, 2.24) is 9.99 Å². The number of anilines is 1. The molecule has 6 nitrogen and oxygen atoms in total. The van der Waals surface area contributed by atoms with Crippen molar-refractivity contribution in [2.24, 2.45) is 5.10 Å². The van der Waals surface area contributed by atoms with E-state index in [0.717, 1.165) is 32.7 Å². The van der Waals surface area contributed by atoms with Crippen LogP contribution in [-0.2, 0) is 9.59 Å². The van der Waals surface area contributed by atoms with Crippen LogP contribution in [0, 0.1) is 20.8 Å². The van der Waals surface area contributed by atoms with Crippen molar-refractivity contribution in [2.45, 2.75) is 20.8 Å². The molecule has 0 bridgehead atoms. The first-order valence-electron chi connectivity index (χ1n) is 9.11. The Morgan fingerprint density at radius 3 is 2.40 bits per heavy atom. The first-order chi connectivity index (χ1) is 14.3. The summed E-state index contributed by atoms with van der Waals surface area (Å²) in [6.45, 7) is 5.75. The molecule has 3 rings (SSSR count). The van der Waals surface area contributed by atoms with Gasteiger partial charge >= 0.3 is 11.8 Å². The van der Waals surface area contributed by atoms with Gasteiger partial charge in [0.1, 0.15) is 0 Å². The maximum absolute atomic E-state index is 12.1. The number of halogens is 2. The molecule has 2 aromatic carbocycles. The summed E-state index contributed by atoms with van der Waals surface area (Å²) in [6, 6.07) is 14.9. The van der Waals surface area contributed by atoms with Crippen LogP contribution in [0.4, 0.5) is 5.69 Å². The highest BCUT2D eigenvalue weighted by Gasteiger charge is 2.14. The zero-order valence-electron chi connectivity index (χ0n) is 16.7. The number of carbonyl (C=O) groups is 2. The van der Waals surface area contributed by atoms with Crippen molar-refractivity contribution in [2.75, 3.05) is 5.32 Å². The van der Waals surface area contributed by atoms with Gasteiger partial charge in [-0.2, -0.15) is 5.10 Å². The van der Waals surface area contributed by atoms with Crippen molar-refractivity contribution < 1.29 is 9.59 Å². The third-order valence-corrected chi connectivity index (χ3v) is 5.33. The molecule has 0 atom stereocenters. The monoisotopic (exact) mass is 486 g/mol. The molecule has 0 unspecified atom stereocenters. The van der Waals surface area contributed by atoms with Crippen molar-refractivity contribution in [3.8, 4) is 5.69 Å². The number of rotatable bonds is 4. The molecular weight excluding hydrogens is 468 g/mol. The molecule has 8 heteroatoms. The molecule has 0 aliphatic carbocycles. The summed E-state index contributed by atoms with van der Waals surface area (Å²) in [5, 5.41) is 7.04. The largest absolute Gasteiger partial charge is 0.329 e. The van der Waals surface area contributed by atoms with Crippen LogP contribution in [-0.4, -0.2) is 22.6 Å². The van der Waals surface area contributed by atoms with Gasteiger partial charge in [0.05, 0.1) is 6.21 Å². The Balaban J connectivity index is 1.67. The van der Waals surface area contributed by atoms with Gasteiger partial charge < -0.3 is 9.88 Å². The van der Waals surface area contributed by atoms with Crippen LogP contribution in [0.5, 0.6) is 0 Å². The van der Waals surface area contributed by atoms with E-state index in [-0.39, 0.29) is 0 Å². The minimum atomic E-state index is -0.859. The Hall–Kier alpha value is -2.90. The molecule has 2 N–H and O–H groups in total. The molecule has 1 aromatic heterocycles. The molecule has 0 radical (unpaired) electrons. The normalized spacial score (nSPS) is 11.0. The van der Waals surface area contributed by atoms with Crippen LogP contribution in [0.3, 0.4) is 0 Å². The minimum Gasteiger partial charge on any atom is -0.318 e. The molecule has 0 fully saturated rings. The van der Waals surface area contributed by atoms with E-state index in [4.69, 9.17) is 11.6 Å². The van der Waals surface area contributed by atoms with Crippen molar-refractivity contribution >= 4 is 51.2 Å². The molecule has 2 amide bonds. The molecule has 1 heterocycles. The van der Waals surface area contributed by atoms with Gasteiger partial charge in [-0.05, 0) is 74.9 Å². The number of carbonyl (C=O) groups excluding carboxylic acids is 2. The molecule has 0 spiro atoms. The Bertz CT molecular complexity index is 1140. The van der Waals surface area contributed by atoms with Crippen LogP contribution in [0.15, 0.2) is 58.1 Å². The molecule has 0 aliphatic rings. The lowest BCUT2D eigenvalue weighted by Crippen LogP contribution is -2.32. The lowest BCUT2D eigenvalue weighted by molar-refractivity contribution is -0.136. The Morgan fingerprint density at radius 2 is 1.73 bits per heavy atom. The second-order valence-corrected chi connectivity index (χ2v) is 8.10. The number of amides is 2. The number of hydrogen-bond donors (Lipinski definition) is 2. The third kappa shape index (κ3) is 4.98. The summed E-state index contributed by atoms with van der Waals surface area (Å²) in [4.78, 5) is 24.1. The Labute approximate surface area is 188 Å². The smallest absolute Gasteiger partial charge is 0.318 e. The van der Waals surface area contributed by atoms with Gasteiger partial charge in [0.15, 0.2) is 0 Å². The van der Waals surface area contributed by atoms with Gasteiger partial charge in [0, 0.05) is 37.8 Å². The molecule has 0 saturated carbocycles. The average Bonchev–Trinajstić information content (AvgIpc) is 2.98. The quantitative estimate of drug-likeness (QED) is 0.312. The fraction of sp³-hybridized carbons (Fsp3) is 0.136. The lowest BCUT2D eigenvalue weighted by atomic mass is 10.2. The highest BCUT2D eigenvalue weighted by atomic mass is 79.9. The van der Waals surface area contributed by atoms with Gasteiger partial charge in [-0.1, -0.05) is 27.5 Å². The van der Waals surface area contributed by atoms with Crippen molar-refractivity contribution in [1.29, 1.82) is 0 Å². The van der Waals surface area contributed by atoms with Gasteiger partial charge in [-0.3, -0.25) is 9.59 Å². The van der Waals surface area contributed by atoms with E-state index < -0.39 is 11.8 Å². The summed E-state index contributed by atoms with van der Waals surface area (Å²) >= 11 is 9.34. The molecule has 154 valence electrons. The number of hydrazone groups is 1. The minimum absolute atomic E-state index is 0.515. The molecule has 0 saturated heterocycles. The maximum atomic E-state index is 12.1. The number of hydrogen-bond acceptors (Lipinski definition) is 3. The zero-order chi connectivity index (χ0) is 21.8. The molecule has 30 heavy (non-hydrogen) atoms. The van der Waals surface area contributed by atoms with Crippen LogP contribution < -0.4 is 10.7 Å². The summed E-state index contributed by atoms with van der Waals surface area (Å²) in [6.07, 6.45) is 1.52. The third-order valence-electron chi connectivity index (χ3n) is 4.57. The highest BCUT2D eigenvalue weighted by Crippen LogP contribution is 2.22. The van der Waals surface area contributed by atoms with Gasteiger partial charge in [0.2, 0.25) is 0 Å². The first kappa shape index (κ1) is 21.8. The Morgan fingerprint density at radius 1 is 1.03 bits per heavy atom. The van der Waals surface area contributed by atoms with Crippen LogP contribution in [0.2, 0.25) is 5.02 Å². The second kappa shape index (κ2) is 9.28. The van der Waals surface area contributed by atoms with E-state index in [9.17, 15) is 9.59 Å². The van der Waals surface area contributed by atoms with Crippen LogP contribution in [0.1, 0.15) is 22.5 Å². The first-order valence-corrected chi connectivity index (χ1v) is 10.3. The predicted molar refractivity (Wildman–Crippen MR) is 123 cm³/mol. The maximum Gasteiger partial charge on any atom is 0.329 e. The average molecular weight is 488 g/mol. The number of aryl methyl sites for hydroxylation is 2. The van der Waals surface area contributed by atoms with E-state index >= 15 is 0 Å². The zero-order valence-corrected chi connectivity index (χ0v) is 19.0. The number of benzene rings is 2. The van der Waals surface area contributed by atoms with Crippen LogP contribution in [0.25, 0.3) is 5.69 Å². The summed E-state index contributed by atoms with van der Waals surface area (Å²) in [7, 11) is 0. The lowest BCUT2D eigenvalue weighted by Gasteiger charge is -2.09. The van der Waals surface area contributed by atoms with E-state index in [1.807, 2.05) is 44.2 Å². The van der Waals surface area contributed by atoms with E-state index in [1.165, 1.54) is 6.21 Å². The molecular formula is C22H20BrClN4O2. The standard InChI is InChI=1S/C22H20BrClN4O2/c1-13-10-18(24)6-9-20(13)26-21(29)22(30)27-25-12-16-11-14(2)28(15(16)3)19-7-4-17(23)5-8-19/h4-12H,1-3H3,(H,26,29)(H,27,30)/b25-12-. The van der Waals surface area contributed by atoms with Gasteiger partial charge in [-0.25, -0.2) is 5.43 Å². The number of nitrogens with one attached hydrogen (secondary N) is 2. The highest BCUT2D eigenvalue weighted by molar-refractivity contribution is 9.10. The van der Waals surface area contributed by atoms with E-state index in [1.54, 1.807) is 25.1 Å². The SMILES string of the molecule is Cc1cc(Cl)ccc1NC(=O)C(=O)N/N=C\c1cc(C)n(-c2ccc(Br)cc2)c1C. The van der Waals surface area contributed by atoms with Crippen LogP contribution >= 0.6 is 27.5 Å². The van der Waals surface area contributed by atoms with Crippen molar-refractivity contribution in [3.05, 3.63) is 80.5 Å². The molecule has 3 aromatic rings. The number of nitrogens with zero attached hydrogens (tertiary/aromatic N) is 2. The van der Waals surface area contributed by atoms with E-state index in [2.05, 4.69) is 36.3 Å². The predicted octanol–water partition coefficient (Wildman–Crippen LogP) is 4.91. The van der Waals surface area contributed by atoms with Gasteiger partial charge in [0.25, 0.3) is 0 Å². The fourth-order valence-electron chi connectivity index (χ4n) is 3.06. The topological polar surface area (TPSA) is 75.5 Å². The van der Waals surface area contributed by atoms with Crippen molar-refractivity contribution in [3.63, 3.8) is 0 Å². The number of aromatic nitrogens is 1. The van der Waals surface area contributed by atoms with Gasteiger partial charge in [-0.15, -0.1) is 0 Å². The van der Waals surface area contributed by atoms with E-state index in [0.29, 0.717) is 10.7 Å². The summed E-state index contributed by atoms with van der Waals surface area (Å²) in [5.74, 6) is -1.67. The summed E-state index contributed by atoms with van der Waals surface area (Å²) in [5.41, 5.74) is 7.39.